The molecule has 1 aliphatic heterocycles. The quantitative estimate of drug-likeness (QED) is 0.442. The summed E-state index contributed by atoms with van der Waals surface area (Å²) < 4.78 is 7.36. The van der Waals surface area contributed by atoms with E-state index in [9.17, 15) is 4.79 Å². The van der Waals surface area contributed by atoms with E-state index < -0.39 is 0 Å². The first kappa shape index (κ1) is 19.5. The Balaban J connectivity index is 1.34. The molecule has 0 bridgehead atoms. The number of carbonyl (C=O) groups is 1. The largest absolute Gasteiger partial charge is 0.379 e. The highest BCUT2D eigenvalue weighted by atomic mass is 16.5. The van der Waals surface area contributed by atoms with Gasteiger partial charge in [-0.25, -0.2) is 9.97 Å². The molecule has 1 amide bonds. The van der Waals surface area contributed by atoms with Crippen molar-refractivity contribution in [3.63, 3.8) is 0 Å². The first-order valence-corrected chi connectivity index (χ1v) is 10.4. The van der Waals surface area contributed by atoms with E-state index in [1.54, 1.807) is 6.20 Å². The number of hydrogen-bond acceptors (Lipinski definition) is 6. The van der Waals surface area contributed by atoms with E-state index in [0.717, 1.165) is 66.5 Å². The van der Waals surface area contributed by atoms with Crippen LogP contribution in [0.5, 0.6) is 0 Å². The molecule has 0 saturated carbocycles. The number of anilines is 1. The average Bonchev–Trinajstić information content (AvgIpc) is 3.43. The molecule has 0 spiro atoms. The summed E-state index contributed by atoms with van der Waals surface area (Å²) in [4.78, 5) is 26.9. The molecule has 5 rings (SSSR count). The summed E-state index contributed by atoms with van der Waals surface area (Å²) in [5, 5.41) is 7.05. The third-order valence-electron chi connectivity index (χ3n) is 5.64. The van der Waals surface area contributed by atoms with Crippen LogP contribution < -0.4 is 10.6 Å². The molecular weight excluding hydrogens is 394 g/mol. The Morgan fingerprint density at radius 1 is 1.23 bits per heavy atom. The van der Waals surface area contributed by atoms with Crippen LogP contribution in [0.25, 0.3) is 27.8 Å². The molecule has 31 heavy (non-hydrogen) atoms. The second kappa shape index (κ2) is 8.37. The van der Waals surface area contributed by atoms with Crippen molar-refractivity contribution in [2.45, 2.75) is 0 Å². The topological polar surface area (TPSA) is 99.6 Å². The number of aromatic nitrogens is 4. The number of imidazole rings is 1. The molecule has 0 atom stereocenters. The van der Waals surface area contributed by atoms with Gasteiger partial charge in [0.15, 0.2) is 11.5 Å². The number of nitrogens with one attached hydrogen (secondary N) is 3. The summed E-state index contributed by atoms with van der Waals surface area (Å²) >= 11 is 0. The van der Waals surface area contributed by atoms with Crippen molar-refractivity contribution >= 4 is 28.3 Å². The van der Waals surface area contributed by atoms with Gasteiger partial charge in [-0.05, 0) is 18.2 Å². The zero-order valence-corrected chi connectivity index (χ0v) is 17.4. The fourth-order valence-corrected chi connectivity index (χ4v) is 3.97. The molecule has 3 N–H and O–H groups in total. The van der Waals surface area contributed by atoms with Gasteiger partial charge in [0.1, 0.15) is 5.69 Å². The van der Waals surface area contributed by atoms with Crippen LogP contribution in [0, 0.1) is 0 Å². The lowest BCUT2D eigenvalue weighted by Crippen LogP contribution is -2.41. The van der Waals surface area contributed by atoms with E-state index in [1.807, 2.05) is 42.0 Å². The van der Waals surface area contributed by atoms with E-state index in [-0.39, 0.29) is 5.91 Å². The van der Waals surface area contributed by atoms with Crippen LogP contribution in [0.4, 0.5) is 5.82 Å². The van der Waals surface area contributed by atoms with Gasteiger partial charge in [0, 0.05) is 62.1 Å². The molecule has 9 nitrogen and oxygen atoms in total. The molecule has 1 fully saturated rings. The highest BCUT2D eigenvalue weighted by Gasteiger charge is 2.14. The molecule has 4 aromatic rings. The number of aromatic amines is 1. The van der Waals surface area contributed by atoms with Gasteiger partial charge >= 0.3 is 0 Å². The van der Waals surface area contributed by atoms with Gasteiger partial charge in [0.25, 0.3) is 5.91 Å². The smallest absolute Gasteiger partial charge is 0.267 e. The van der Waals surface area contributed by atoms with Crippen molar-refractivity contribution < 1.29 is 9.53 Å². The van der Waals surface area contributed by atoms with Gasteiger partial charge in [-0.15, -0.1) is 0 Å². The Morgan fingerprint density at radius 2 is 2.10 bits per heavy atom. The maximum Gasteiger partial charge on any atom is 0.267 e. The Hall–Kier alpha value is -3.43. The van der Waals surface area contributed by atoms with Crippen molar-refractivity contribution in [3.05, 3.63) is 48.5 Å². The van der Waals surface area contributed by atoms with Crippen LogP contribution in [0.2, 0.25) is 0 Å². The van der Waals surface area contributed by atoms with Crippen LogP contribution in [0.1, 0.15) is 10.5 Å². The van der Waals surface area contributed by atoms with E-state index in [1.165, 1.54) is 0 Å². The lowest BCUT2D eigenvalue weighted by Gasteiger charge is -2.26. The summed E-state index contributed by atoms with van der Waals surface area (Å²) in [6.45, 7) is 4.80. The Morgan fingerprint density at radius 3 is 2.94 bits per heavy atom. The standard InChI is InChI=1S/C22H25N7O2/c1-23-20-21-26-14-19(29(21)7-5-24-20)15-2-3-17-16(12-15)13-18(27-17)22(30)25-4-6-28-8-10-31-11-9-28/h2-3,5,7,12-14,27H,4,6,8-11H2,1H3,(H,23,24)(H,25,30). The van der Waals surface area contributed by atoms with Crippen LogP contribution in [0.3, 0.4) is 0 Å². The molecule has 0 aliphatic carbocycles. The van der Waals surface area contributed by atoms with Crippen molar-refractivity contribution in [2.24, 2.45) is 0 Å². The highest BCUT2D eigenvalue weighted by Crippen LogP contribution is 2.27. The summed E-state index contributed by atoms with van der Waals surface area (Å²) in [6, 6.07) is 7.99. The fourth-order valence-electron chi connectivity index (χ4n) is 3.97. The maximum absolute atomic E-state index is 12.6. The van der Waals surface area contributed by atoms with E-state index in [4.69, 9.17) is 4.74 Å². The number of morpholine rings is 1. The van der Waals surface area contributed by atoms with Gasteiger partial charge < -0.3 is 20.4 Å². The number of ether oxygens (including phenoxy) is 1. The molecule has 1 saturated heterocycles. The van der Waals surface area contributed by atoms with E-state index in [2.05, 4.69) is 36.6 Å². The second-order valence-electron chi connectivity index (χ2n) is 7.56. The predicted octanol–water partition coefficient (Wildman–Crippen LogP) is 1.98. The van der Waals surface area contributed by atoms with Crippen LogP contribution in [-0.4, -0.2) is 76.6 Å². The highest BCUT2D eigenvalue weighted by molar-refractivity contribution is 5.98. The van der Waals surface area contributed by atoms with Crippen LogP contribution >= 0.6 is 0 Å². The summed E-state index contributed by atoms with van der Waals surface area (Å²) in [7, 11) is 1.83. The second-order valence-corrected chi connectivity index (χ2v) is 7.56. The van der Waals surface area contributed by atoms with Gasteiger partial charge in [0.2, 0.25) is 0 Å². The molecule has 0 unspecified atom stereocenters. The summed E-state index contributed by atoms with van der Waals surface area (Å²) in [5.74, 6) is 0.637. The summed E-state index contributed by atoms with van der Waals surface area (Å²) in [5.41, 5.74) is 4.25. The van der Waals surface area contributed by atoms with Crippen LogP contribution in [-0.2, 0) is 4.74 Å². The van der Waals surface area contributed by atoms with Crippen LogP contribution in [0.15, 0.2) is 42.9 Å². The minimum atomic E-state index is -0.0921. The Labute approximate surface area is 179 Å². The number of hydrogen-bond donors (Lipinski definition) is 3. The number of amides is 1. The van der Waals surface area contributed by atoms with Crippen molar-refractivity contribution in [2.75, 3.05) is 51.8 Å². The first-order chi connectivity index (χ1) is 15.2. The zero-order chi connectivity index (χ0) is 21.2. The van der Waals surface area contributed by atoms with Gasteiger partial charge in [-0.1, -0.05) is 6.07 Å². The monoisotopic (exact) mass is 419 g/mol. The number of nitrogens with zero attached hydrogens (tertiary/aromatic N) is 4. The number of H-pyrrole nitrogens is 1. The Bertz CT molecular complexity index is 1220. The predicted molar refractivity (Wildman–Crippen MR) is 119 cm³/mol. The lowest BCUT2D eigenvalue weighted by atomic mass is 10.1. The van der Waals surface area contributed by atoms with Gasteiger partial charge in [-0.2, -0.15) is 0 Å². The normalized spacial score (nSPS) is 14.9. The molecule has 9 heteroatoms. The third-order valence-corrected chi connectivity index (χ3v) is 5.64. The SMILES string of the molecule is CNc1nccn2c(-c3ccc4[nH]c(C(=O)NCCN5CCOCC5)cc4c3)cnc12. The number of fused-ring (bicyclic) bond motifs is 2. The van der Waals surface area contributed by atoms with Gasteiger partial charge in [0.05, 0.1) is 25.1 Å². The van der Waals surface area contributed by atoms with E-state index >= 15 is 0 Å². The number of benzene rings is 1. The molecule has 1 aliphatic rings. The maximum atomic E-state index is 12.6. The number of rotatable bonds is 6. The minimum Gasteiger partial charge on any atom is -0.379 e. The third kappa shape index (κ3) is 3.85. The van der Waals surface area contributed by atoms with Gasteiger partial charge in [-0.3, -0.25) is 14.1 Å². The molecule has 0 radical (unpaired) electrons. The molecule has 4 heterocycles. The molecular formula is C22H25N7O2. The average molecular weight is 419 g/mol. The zero-order valence-electron chi connectivity index (χ0n) is 17.4. The van der Waals surface area contributed by atoms with Crippen molar-refractivity contribution in [1.29, 1.82) is 0 Å². The fraction of sp³-hybridized carbons (Fsp3) is 0.318. The molecule has 1 aromatic carbocycles. The van der Waals surface area contributed by atoms with Crippen molar-refractivity contribution in [1.82, 2.24) is 29.6 Å². The molecule has 160 valence electrons. The molecule has 3 aromatic heterocycles. The number of carbonyl (C=O) groups excluding carboxylic acids is 1. The van der Waals surface area contributed by atoms with Crippen molar-refractivity contribution in [3.8, 4) is 11.3 Å². The Kier molecular flexibility index (Phi) is 5.27. The summed E-state index contributed by atoms with van der Waals surface area (Å²) in [6.07, 6.45) is 5.48. The first-order valence-electron chi connectivity index (χ1n) is 10.4. The minimum absolute atomic E-state index is 0.0921. The lowest BCUT2D eigenvalue weighted by molar-refractivity contribution is 0.0383. The van der Waals surface area contributed by atoms with E-state index in [0.29, 0.717) is 12.2 Å².